The van der Waals surface area contributed by atoms with E-state index in [2.05, 4.69) is 0 Å². The van der Waals surface area contributed by atoms with E-state index in [0.29, 0.717) is 43.1 Å². The van der Waals surface area contributed by atoms with Crippen molar-refractivity contribution in [2.75, 3.05) is 0 Å². The zero-order valence-corrected chi connectivity index (χ0v) is 26.7. The van der Waals surface area contributed by atoms with Crippen molar-refractivity contribution in [2.24, 2.45) is 0 Å². The summed E-state index contributed by atoms with van der Waals surface area (Å²) in [6.07, 6.45) is 0. The summed E-state index contributed by atoms with van der Waals surface area (Å²) in [5.41, 5.74) is 4.35. The zero-order valence-electron chi connectivity index (χ0n) is 22.2. The van der Waals surface area contributed by atoms with Crippen LogP contribution in [0.4, 0.5) is 4.39 Å². The summed E-state index contributed by atoms with van der Waals surface area (Å²) in [5.74, 6) is -1.36. The molecule has 0 aliphatic heterocycles. The Bertz CT molecular complexity index is 2130. The molecule has 2 nitrogen and oxygen atoms in total. The number of aromatic nitrogens is 1. The van der Waals surface area contributed by atoms with Gasteiger partial charge in [0.1, 0.15) is 17.1 Å². The summed E-state index contributed by atoms with van der Waals surface area (Å²) in [6.45, 7) is 1.88. The third-order valence-electron chi connectivity index (χ3n) is 7.64. The quantitative estimate of drug-likeness (QED) is 0.168. The van der Waals surface area contributed by atoms with Crippen LogP contribution in [0.5, 0.6) is 0 Å². The molecule has 43 heavy (non-hydrogen) atoms. The van der Waals surface area contributed by atoms with Crippen LogP contribution in [0.2, 0.25) is 30.1 Å². The molecule has 1 unspecified atom stereocenters. The number of para-hydroxylation sites is 2. The highest BCUT2D eigenvalue weighted by atomic mass is 35.5. The zero-order chi connectivity index (χ0) is 30.2. The van der Waals surface area contributed by atoms with Gasteiger partial charge in [0.25, 0.3) is 0 Å². The second-order valence-electron chi connectivity index (χ2n) is 10.3. The van der Waals surface area contributed by atoms with Gasteiger partial charge in [-0.1, -0.05) is 106 Å². The highest BCUT2D eigenvalue weighted by molar-refractivity contribution is 6.40. The standard InChI is InChI=1S/C34H18Cl6FNO/c1-16-10-21(36)31(22(37)11-16)29(32-23(38)14-18(35)15-24(32)39)17-12-25(40)33(26(41)13-17)42-27-8-4-2-6-19(27)30-20-7-3-5-9-28(20)43-34(30)42/h2-15,29H,1H3. The molecule has 7 aromatic rings. The SMILES string of the molecule is Cc1cc(Cl)c(C(c2cc(F)c(-n3c4ccccc4c4c5ccccc5oc43)c(Cl)c2)c2c(Cl)cc(Cl)cc2Cl)c(Cl)c1. The van der Waals surface area contributed by atoms with Crippen LogP contribution in [0.3, 0.4) is 0 Å². The number of benzene rings is 5. The highest BCUT2D eigenvalue weighted by Crippen LogP contribution is 2.48. The molecular formula is C34H18Cl6FNO. The Morgan fingerprint density at radius 3 is 1.91 bits per heavy atom. The smallest absolute Gasteiger partial charge is 0.213 e. The first-order valence-corrected chi connectivity index (χ1v) is 15.4. The predicted octanol–water partition coefficient (Wildman–Crippen LogP) is 13.1. The normalized spacial score (nSPS) is 12.6. The van der Waals surface area contributed by atoms with Crippen LogP contribution in [0.25, 0.3) is 38.7 Å². The van der Waals surface area contributed by atoms with Crippen molar-refractivity contribution in [1.82, 2.24) is 4.57 Å². The van der Waals surface area contributed by atoms with Gasteiger partial charge < -0.3 is 4.42 Å². The minimum atomic E-state index is -0.772. The molecule has 0 fully saturated rings. The van der Waals surface area contributed by atoms with Gasteiger partial charge in [0.05, 0.1) is 15.9 Å². The summed E-state index contributed by atoms with van der Waals surface area (Å²) in [6, 6.07) is 25.2. The van der Waals surface area contributed by atoms with Gasteiger partial charge in [0, 0.05) is 52.9 Å². The van der Waals surface area contributed by atoms with Gasteiger partial charge in [-0.15, -0.1) is 0 Å². The molecule has 1 atom stereocenters. The average Bonchev–Trinajstić information content (AvgIpc) is 3.46. The van der Waals surface area contributed by atoms with Gasteiger partial charge >= 0.3 is 0 Å². The van der Waals surface area contributed by atoms with Crippen molar-refractivity contribution in [3.05, 3.63) is 143 Å². The largest absolute Gasteiger partial charge is 0.439 e. The van der Waals surface area contributed by atoms with Crippen LogP contribution >= 0.6 is 69.6 Å². The van der Waals surface area contributed by atoms with Crippen LogP contribution in [0.15, 0.2) is 89.3 Å². The van der Waals surface area contributed by atoms with Gasteiger partial charge in [0.15, 0.2) is 0 Å². The van der Waals surface area contributed by atoms with Gasteiger partial charge in [-0.25, -0.2) is 4.39 Å². The summed E-state index contributed by atoms with van der Waals surface area (Å²) in [7, 11) is 0. The minimum absolute atomic E-state index is 0.142. The monoisotopic (exact) mass is 685 g/mol. The topological polar surface area (TPSA) is 18.1 Å². The molecule has 2 aromatic heterocycles. The average molecular weight is 688 g/mol. The lowest BCUT2D eigenvalue weighted by Gasteiger charge is -2.25. The molecule has 0 saturated carbocycles. The fraction of sp³-hybridized carbons (Fsp3) is 0.0588. The van der Waals surface area contributed by atoms with Crippen molar-refractivity contribution in [2.45, 2.75) is 12.8 Å². The van der Waals surface area contributed by atoms with E-state index in [-0.39, 0.29) is 20.8 Å². The number of fused-ring (bicyclic) bond motifs is 5. The molecule has 0 aliphatic rings. The van der Waals surface area contributed by atoms with Gasteiger partial charge in [0.2, 0.25) is 5.71 Å². The third kappa shape index (κ3) is 4.69. The molecule has 7 rings (SSSR count). The molecule has 214 valence electrons. The van der Waals surface area contributed by atoms with Crippen molar-refractivity contribution >= 4 is 103 Å². The molecule has 0 N–H and O–H groups in total. The van der Waals surface area contributed by atoms with Gasteiger partial charge in [-0.2, -0.15) is 0 Å². The fourth-order valence-corrected chi connectivity index (χ4v) is 8.07. The Balaban J connectivity index is 1.52. The lowest BCUT2D eigenvalue weighted by atomic mass is 9.84. The lowest BCUT2D eigenvalue weighted by molar-refractivity contribution is 0.606. The number of aryl methyl sites for hydroxylation is 1. The Hall–Kier alpha value is -2.89. The van der Waals surface area contributed by atoms with Crippen LogP contribution in [0.1, 0.15) is 28.2 Å². The highest BCUT2D eigenvalue weighted by Gasteiger charge is 2.30. The number of halogens is 7. The van der Waals surface area contributed by atoms with Gasteiger partial charge in [-0.05, 0) is 66.6 Å². The number of hydrogen-bond acceptors (Lipinski definition) is 1. The van der Waals surface area contributed by atoms with E-state index in [0.717, 1.165) is 27.2 Å². The molecule has 0 bridgehead atoms. The Morgan fingerprint density at radius 2 is 1.26 bits per heavy atom. The Kier molecular flexibility index (Phi) is 7.33. The number of rotatable bonds is 4. The molecule has 5 aromatic carbocycles. The maximum absolute atomic E-state index is 16.6. The van der Waals surface area contributed by atoms with E-state index in [4.69, 9.17) is 74.0 Å². The third-order valence-corrected chi connectivity index (χ3v) is 9.39. The van der Waals surface area contributed by atoms with E-state index in [9.17, 15) is 0 Å². The molecule has 0 spiro atoms. The van der Waals surface area contributed by atoms with Crippen LogP contribution in [0, 0.1) is 12.7 Å². The maximum atomic E-state index is 16.6. The van der Waals surface area contributed by atoms with Crippen LogP contribution in [-0.2, 0) is 0 Å². The van der Waals surface area contributed by atoms with Crippen LogP contribution < -0.4 is 0 Å². The number of nitrogens with zero attached hydrogens (tertiary/aromatic N) is 1. The maximum Gasteiger partial charge on any atom is 0.213 e. The summed E-state index contributed by atoms with van der Waals surface area (Å²) >= 11 is 40.3. The van der Waals surface area contributed by atoms with E-state index < -0.39 is 11.7 Å². The first-order valence-electron chi connectivity index (χ1n) is 13.1. The first-order chi connectivity index (χ1) is 20.6. The van der Waals surface area contributed by atoms with Crippen LogP contribution in [-0.4, -0.2) is 4.57 Å². The Labute approximate surface area is 276 Å². The number of hydrogen-bond donors (Lipinski definition) is 0. The minimum Gasteiger partial charge on any atom is -0.439 e. The second-order valence-corrected chi connectivity index (χ2v) is 12.8. The predicted molar refractivity (Wildman–Crippen MR) is 179 cm³/mol. The van der Waals surface area contributed by atoms with E-state index in [1.165, 1.54) is 6.07 Å². The van der Waals surface area contributed by atoms with E-state index in [1.54, 1.807) is 34.9 Å². The molecule has 0 saturated heterocycles. The molecule has 0 amide bonds. The molecule has 0 radical (unpaired) electrons. The van der Waals surface area contributed by atoms with Crippen molar-refractivity contribution in [3.63, 3.8) is 0 Å². The van der Waals surface area contributed by atoms with Crippen molar-refractivity contribution < 1.29 is 8.81 Å². The lowest BCUT2D eigenvalue weighted by Crippen LogP contribution is -2.09. The summed E-state index contributed by atoms with van der Waals surface area (Å²) in [5, 5.41) is 4.51. The first kappa shape index (κ1) is 28.9. The van der Waals surface area contributed by atoms with Crippen molar-refractivity contribution in [1.29, 1.82) is 0 Å². The fourth-order valence-electron chi connectivity index (χ4n) is 5.92. The van der Waals surface area contributed by atoms with E-state index >= 15 is 4.39 Å². The van der Waals surface area contributed by atoms with Crippen molar-refractivity contribution in [3.8, 4) is 5.69 Å². The van der Waals surface area contributed by atoms with Gasteiger partial charge in [-0.3, -0.25) is 4.57 Å². The molecule has 9 heteroatoms. The van der Waals surface area contributed by atoms with E-state index in [1.807, 2.05) is 55.5 Å². The number of furan rings is 1. The summed E-state index contributed by atoms with van der Waals surface area (Å²) in [4.78, 5) is 0. The Morgan fingerprint density at radius 1 is 0.674 bits per heavy atom. The second kappa shape index (κ2) is 10.9. The summed E-state index contributed by atoms with van der Waals surface area (Å²) < 4.78 is 24.6. The molecular weight excluding hydrogens is 670 g/mol. The molecule has 0 aliphatic carbocycles. The molecule has 2 heterocycles.